The summed E-state index contributed by atoms with van der Waals surface area (Å²) in [5.41, 5.74) is 2.61. The average Bonchev–Trinajstić information content (AvgIpc) is 3.18. The van der Waals surface area contributed by atoms with Crippen LogP contribution in [0.25, 0.3) is 10.9 Å². The molecule has 152 valence electrons. The maximum atomic E-state index is 13.1. The monoisotopic (exact) mass is 412 g/mol. The van der Waals surface area contributed by atoms with Crippen LogP contribution in [0.5, 0.6) is 0 Å². The smallest absolute Gasteiger partial charge is 0.338 e. The molecule has 0 aliphatic carbocycles. The van der Waals surface area contributed by atoms with Gasteiger partial charge in [-0.3, -0.25) is 0 Å². The van der Waals surface area contributed by atoms with Gasteiger partial charge in [-0.15, -0.1) is 0 Å². The van der Waals surface area contributed by atoms with Gasteiger partial charge >= 0.3 is 5.97 Å². The minimum atomic E-state index is -3.65. The average molecular weight is 413 g/mol. The molecule has 2 aromatic carbocycles. The van der Waals surface area contributed by atoms with Crippen LogP contribution < -0.4 is 0 Å². The summed E-state index contributed by atoms with van der Waals surface area (Å²) in [5.74, 6) is -0.189. The first kappa shape index (κ1) is 19.7. The summed E-state index contributed by atoms with van der Waals surface area (Å²) in [6, 6.07) is 14.3. The third-order valence-electron chi connectivity index (χ3n) is 5.50. The number of carbonyl (C=O) groups is 1. The number of aromatic nitrogens is 1. The molecular weight excluding hydrogens is 388 g/mol. The largest absolute Gasteiger partial charge is 0.462 e. The number of sulfonamides is 1. The third kappa shape index (κ3) is 3.80. The fraction of sp³-hybridized carbons (Fsp3) is 0.318. The predicted molar refractivity (Wildman–Crippen MR) is 111 cm³/mol. The molecule has 3 aromatic rings. The van der Waals surface area contributed by atoms with E-state index in [2.05, 4.69) is 17.1 Å². The SMILES string of the molecule is CCOC(=O)c1cccc(S(=O)(=O)N2CCC(c3c[nH]c4ccccc34)CC2)c1. The van der Waals surface area contributed by atoms with Gasteiger partial charge in [0.1, 0.15) is 0 Å². The summed E-state index contributed by atoms with van der Waals surface area (Å²) in [6.45, 7) is 2.87. The topological polar surface area (TPSA) is 79.5 Å². The van der Waals surface area contributed by atoms with Crippen LogP contribution in [0.4, 0.5) is 0 Å². The van der Waals surface area contributed by atoms with Crippen molar-refractivity contribution < 1.29 is 17.9 Å². The van der Waals surface area contributed by atoms with Gasteiger partial charge in [0.05, 0.1) is 17.1 Å². The summed E-state index contributed by atoms with van der Waals surface area (Å²) < 4.78 is 32.7. The highest BCUT2D eigenvalue weighted by Crippen LogP contribution is 2.34. The van der Waals surface area contributed by atoms with Crippen LogP contribution in [0, 0.1) is 0 Å². The van der Waals surface area contributed by atoms with Gasteiger partial charge in [0, 0.05) is 30.2 Å². The Balaban J connectivity index is 1.50. The quantitative estimate of drug-likeness (QED) is 0.645. The van der Waals surface area contributed by atoms with Crippen molar-refractivity contribution in [2.75, 3.05) is 19.7 Å². The molecule has 1 aromatic heterocycles. The number of esters is 1. The lowest BCUT2D eigenvalue weighted by Crippen LogP contribution is -2.37. The van der Waals surface area contributed by atoms with Gasteiger partial charge in [-0.1, -0.05) is 24.3 Å². The highest BCUT2D eigenvalue weighted by Gasteiger charge is 2.31. The van der Waals surface area contributed by atoms with Crippen molar-refractivity contribution in [2.45, 2.75) is 30.6 Å². The standard InChI is InChI=1S/C22H24N2O4S/c1-2-28-22(25)17-6-5-7-18(14-17)29(26,27)24-12-10-16(11-13-24)20-15-23-21-9-4-3-8-19(20)21/h3-9,14-16,23H,2,10-13H2,1H3. The number of benzene rings is 2. The van der Waals surface area contributed by atoms with Crippen LogP contribution in [-0.4, -0.2) is 43.4 Å². The maximum Gasteiger partial charge on any atom is 0.338 e. The lowest BCUT2D eigenvalue weighted by Gasteiger charge is -2.31. The number of piperidine rings is 1. The second-order valence-electron chi connectivity index (χ2n) is 7.22. The zero-order chi connectivity index (χ0) is 20.4. The molecule has 1 saturated heterocycles. The van der Waals surface area contributed by atoms with Crippen molar-refractivity contribution in [1.29, 1.82) is 0 Å². The van der Waals surface area contributed by atoms with Crippen LogP contribution in [0.3, 0.4) is 0 Å². The Labute approximate surface area is 170 Å². The molecule has 0 amide bonds. The number of fused-ring (bicyclic) bond motifs is 1. The van der Waals surface area contributed by atoms with Crippen molar-refractivity contribution in [3.05, 3.63) is 65.9 Å². The highest BCUT2D eigenvalue weighted by molar-refractivity contribution is 7.89. The zero-order valence-electron chi connectivity index (χ0n) is 16.3. The first-order valence-electron chi connectivity index (χ1n) is 9.84. The molecule has 1 N–H and O–H groups in total. The van der Waals surface area contributed by atoms with Gasteiger partial charge < -0.3 is 9.72 Å². The molecule has 0 radical (unpaired) electrons. The van der Waals surface area contributed by atoms with Gasteiger partial charge in [0.25, 0.3) is 0 Å². The molecule has 4 rings (SSSR count). The van der Waals surface area contributed by atoms with Crippen LogP contribution in [0.15, 0.2) is 59.6 Å². The van der Waals surface area contributed by atoms with E-state index in [9.17, 15) is 13.2 Å². The Kier molecular flexibility index (Phi) is 5.43. The number of ether oxygens (including phenoxy) is 1. The Bertz CT molecular complexity index is 1130. The number of para-hydroxylation sites is 1. The molecule has 6 nitrogen and oxygen atoms in total. The fourth-order valence-electron chi connectivity index (χ4n) is 3.99. The summed E-state index contributed by atoms with van der Waals surface area (Å²) in [6.07, 6.45) is 3.57. The van der Waals surface area contributed by atoms with Crippen LogP contribution in [-0.2, 0) is 14.8 Å². The molecule has 0 bridgehead atoms. The lowest BCUT2D eigenvalue weighted by molar-refractivity contribution is 0.0526. The van der Waals surface area contributed by atoms with Gasteiger partial charge in [-0.05, 0) is 55.5 Å². The Morgan fingerprint density at radius 3 is 2.66 bits per heavy atom. The van der Waals surface area contributed by atoms with E-state index in [1.54, 1.807) is 19.1 Å². The first-order valence-corrected chi connectivity index (χ1v) is 11.3. The minimum Gasteiger partial charge on any atom is -0.462 e. The highest BCUT2D eigenvalue weighted by atomic mass is 32.2. The lowest BCUT2D eigenvalue weighted by atomic mass is 9.90. The van der Waals surface area contributed by atoms with Crippen molar-refractivity contribution >= 4 is 26.9 Å². The second kappa shape index (κ2) is 8.00. The van der Waals surface area contributed by atoms with Gasteiger partial charge in [-0.2, -0.15) is 4.31 Å². The molecule has 1 aliphatic heterocycles. The van der Waals surface area contributed by atoms with Gasteiger partial charge in [0.2, 0.25) is 10.0 Å². The number of H-pyrrole nitrogens is 1. The molecular formula is C22H24N2O4S. The molecule has 1 aliphatic rings. The Morgan fingerprint density at radius 1 is 1.14 bits per heavy atom. The molecule has 7 heteroatoms. The molecule has 0 spiro atoms. The van der Waals surface area contributed by atoms with E-state index in [-0.39, 0.29) is 17.1 Å². The molecule has 2 heterocycles. The number of carbonyl (C=O) groups excluding carboxylic acids is 1. The number of nitrogens with zero attached hydrogens (tertiary/aromatic N) is 1. The summed E-state index contributed by atoms with van der Waals surface area (Å²) in [7, 11) is -3.65. The minimum absolute atomic E-state index is 0.133. The van der Waals surface area contributed by atoms with E-state index >= 15 is 0 Å². The number of aromatic amines is 1. The van der Waals surface area contributed by atoms with Crippen LogP contribution in [0.1, 0.15) is 41.6 Å². The summed E-state index contributed by atoms with van der Waals surface area (Å²) in [4.78, 5) is 15.4. The maximum absolute atomic E-state index is 13.1. The second-order valence-corrected chi connectivity index (χ2v) is 9.15. The molecule has 29 heavy (non-hydrogen) atoms. The number of hydrogen-bond acceptors (Lipinski definition) is 4. The van der Waals surface area contributed by atoms with E-state index in [0.717, 1.165) is 18.4 Å². The van der Waals surface area contributed by atoms with Gasteiger partial charge in [0.15, 0.2) is 0 Å². The molecule has 0 saturated carbocycles. The predicted octanol–water partition coefficient (Wildman–Crippen LogP) is 3.91. The van der Waals surface area contributed by atoms with Crippen molar-refractivity contribution in [2.24, 2.45) is 0 Å². The van der Waals surface area contributed by atoms with Gasteiger partial charge in [-0.25, -0.2) is 13.2 Å². The summed E-state index contributed by atoms with van der Waals surface area (Å²) in [5, 5.41) is 1.20. The van der Waals surface area contributed by atoms with E-state index in [4.69, 9.17) is 4.74 Å². The zero-order valence-corrected chi connectivity index (χ0v) is 17.1. The normalized spacial score (nSPS) is 16.2. The van der Waals surface area contributed by atoms with Crippen LogP contribution >= 0.6 is 0 Å². The number of hydrogen-bond donors (Lipinski definition) is 1. The van der Waals surface area contributed by atoms with Crippen molar-refractivity contribution in [1.82, 2.24) is 9.29 Å². The Hall–Kier alpha value is -2.64. The van der Waals surface area contributed by atoms with E-state index in [1.807, 2.05) is 18.3 Å². The fourth-order valence-corrected chi connectivity index (χ4v) is 5.50. The van der Waals surface area contributed by atoms with E-state index < -0.39 is 16.0 Å². The van der Waals surface area contributed by atoms with Crippen molar-refractivity contribution in [3.8, 4) is 0 Å². The molecule has 0 unspecified atom stereocenters. The Morgan fingerprint density at radius 2 is 1.90 bits per heavy atom. The number of rotatable bonds is 5. The molecule has 0 atom stereocenters. The molecule has 1 fully saturated rings. The first-order chi connectivity index (χ1) is 14.0. The summed E-state index contributed by atoms with van der Waals surface area (Å²) >= 11 is 0. The number of nitrogens with one attached hydrogen (secondary N) is 1. The third-order valence-corrected chi connectivity index (χ3v) is 7.39. The van der Waals surface area contributed by atoms with Crippen molar-refractivity contribution in [3.63, 3.8) is 0 Å². The van der Waals surface area contributed by atoms with Crippen LogP contribution in [0.2, 0.25) is 0 Å². The van der Waals surface area contributed by atoms with E-state index in [1.165, 1.54) is 27.4 Å². The van der Waals surface area contributed by atoms with E-state index in [0.29, 0.717) is 19.0 Å².